The summed E-state index contributed by atoms with van der Waals surface area (Å²) in [5, 5.41) is 24.2. The Labute approximate surface area is 162 Å². The lowest BCUT2D eigenvalue weighted by molar-refractivity contribution is 0.176. The van der Waals surface area contributed by atoms with Gasteiger partial charge in [0.2, 0.25) is 0 Å². The van der Waals surface area contributed by atoms with Crippen LogP contribution in [0.1, 0.15) is 19.3 Å². The van der Waals surface area contributed by atoms with E-state index in [1.54, 1.807) is 18.5 Å². The SMILES string of the molecule is CN(c1ccc(-c2cc3ccncc3cc2O)nn1)[C@H]1CC2CCC(N2)[C@H]1F. The van der Waals surface area contributed by atoms with Crippen LogP contribution in [0.5, 0.6) is 5.75 Å². The maximum absolute atomic E-state index is 14.8. The summed E-state index contributed by atoms with van der Waals surface area (Å²) in [7, 11) is 1.88. The number of hydrogen-bond acceptors (Lipinski definition) is 6. The van der Waals surface area contributed by atoms with Gasteiger partial charge in [0, 0.05) is 42.5 Å². The van der Waals surface area contributed by atoms with Crippen LogP contribution in [0.15, 0.2) is 42.7 Å². The van der Waals surface area contributed by atoms with Crippen molar-refractivity contribution >= 4 is 16.6 Å². The molecule has 2 bridgehead atoms. The van der Waals surface area contributed by atoms with Crippen LogP contribution in [0.4, 0.5) is 10.2 Å². The highest BCUT2D eigenvalue weighted by atomic mass is 19.1. The first kappa shape index (κ1) is 17.3. The zero-order valence-electron chi connectivity index (χ0n) is 15.6. The average Bonchev–Trinajstić information content (AvgIpc) is 3.13. The van der Waals surface area contributed by atoms with Crippen LogP contribution < -0.4 is 10.2 Å². The van der Waals surface area contributed by atoms with Crippen molar-refractivity contribution in [3.05, 3.63) is 42.7 Å². The maximum Gasteiger partial charge on any atom is 0.151 e. The normalized spacial score (nSPS) is 26.5. The first-order chi connectivity index (χ1) is 13.6. The quantitative estimate of drug-likeness (QED) is 0.729. The van der Waals surface area contributed by atoms with E-state index in [0.717, 1.165) is 30.0 Å². The zero-order valence-corrected chi connectivity index (χ0v) is 15.6. The molecule has 4 atom stereocenters. The molecular weight excluding hydrogens is 357 g/mol. The van der Waals surface area contributed by atoms with Crippen LogP contribution in [0.2, 0.25) is 0 Å². The fourth-order valence-corrected chi connectivity index (χ4v) is 4.50. The number of alkyl halides is 1. The number of phenolic OH excluding ortho intramolecular Hbond substituents is 1. The largest absolute Gasteiger partial charge is 0.507 e. The van der Waals surface area contributed by atoms with E-state index >= 15 is 0 Å². The molecule has 4 heterocycles. The van der Waals surface area contributed by atoms with Crippen molar-refractivity contribution in [2.24, 2.45) is 0 Å². The van der Waals surface area contributed by atoms with Crippen LogP contribution in [0, 0.1) is 0 Å². The summed E-state index contributed by atoms with van der Waals surface area (Å²) in [5.74, 6) is 0.775. The van der Waals surface area contributed by atoms with E-state index in [0.29, 0.717) is 23.1 Å². The van der Waals surface area contributed by atoms with Crippen LogP contribution in [0.25, 0.3) is 22.0 Å². The Bertz CT molecular complexity index is 1010. The molecule has 3 aromatic rings. The van der Waals surface area contributed by atoms with Crippen molar-refractivity contribution in [1.29, 1.82) is 0 Å². The minimum absolute atomic E-state index is 0.0533. The number of phenols is 1. The highest BCUT2D eigenvalue weighted by Crippen LogP contribution is 2.34. The highest BCUT2D eigenvalue weighted by Gasteiger charge is 2.43. The Morgan fingerprint density at radius 2 is 2.04 bits per heavy atom. The number of piperidine rings is 1. The molecule has 0 spiro atoms. The van der Waals surface area contributed by atoms with Gasteiger partial charge in [0.25, 0.3) is 0 Å². The summed E-state index contributed by atoms with van der Waals surface area (Å²) in [6.45, 7) is 0. The van der Waals surface area contributed by atoms with Gasteiger partial charge in [-0.3, -0.25) is 4.98 Å². The van der Waals surface area contributed by atoms with Gasteiger partial charge in [-0.2, -0.15) is 0 Å². The number of fused-ring (bicyclic) bond motifs is 3. The van der Waals surface area contributed by atoms with Gasteiger partial charge in [-0.15, -0.1) is 10.2 Å². The summed E-state index contributed by atoms with van der Waals surface area (Å²) in [4.78, 5) is 5.98. The molecule has 2 fully saturated rings. The van der Waals surface area contributed by atoms with Crippen LogP contribution in [-0.4, -0.2) is 51.6 Å². The fourth-order valence-electron chi connectivity index (χ4n) is 4.50. The number of halogens is 1. The molecule has 5 rings (SSSR count). The van der Waals surface area contributed by atoms with Gasteiger partial charge in [0.15, 0.2) is 5.82 Å². The van der Waals surface area contributed by atoms with E-state index in [4.69, 9.17) is 0 Å². The molecule has 0 radical (unpaired) electrons. The number of benzene rings is 1. The Hall–Kier alpha value is -2.80. The van der Waals surface area contributed by atoms with Gasteiger partial charge in [-0.1, -0.05) is 0 Å². The molecule has 6 nitrogen and oxygen atoms in total. The molecule has 144 valence electrons. The van der Waals surface area contributed by atoms with E-state index in [1.165, 1.54) is 0 Å². The third kappa shape index (κ3) is 2.86. The number of nitrogens with zero attached hydrogens (tertiary/aromatic N) is 4. The van der Waals surface area contributed by atoms with Crippen molar-refractivity contribution < 1.29 is 9.50 Å². The molecule has 28 heavy (non-hydrogen) atoms. The lowest BCUT2D eigenvalue weighted by Crippen LogP contribution is -2.55. The molecule has 2 aliphatic rings. The van der Waals surface area contributed by atoms with Gasteiger partial charge >= 0.3 is 0 Å². The number of pyridine rings is 1. The first-order valence-corrected chi connectivity index (χ1v) is 9.64. The molecule has 1 aromatic carbocycles. The number of hydrogen-bond donors (Lipinski definition) is 2. The van der Waals surface area contributed by atoms with Crippen molar-refractivity contribution in [2.75, 3.05) is 11.9 Å². The Kier molecular flexibility index (Phi) is 4.12. The third-order valence-electron chi connectivity index (χ3n) is 6.09. The topological polar surface area (TPSA) is 74.2 Å². The second-order valence-corrected chi connectivity index (χ2v) is 7.77. The molecule has 2 N–H and O–H groups in total. The van der Waals surface area contributed by atoms with Gasteiger partial charge in [0.05, 0.1) is 11.7 Å². The minimum atomic E-state index is -0.914. The van der Waals surface area contributed by atoms with Gasteiger partial charge in [0.1, 0.15) is 11.9 Å². The lowest BCUT2D eigenvalue weighted by Gasteiger charge is -2.38. The lowest BCUT2D eigenvalue weighted by atomic mass is 9.96. The molecule has 7 heteroatoms. The molecule has 0 amide bonds. The summed E-state index contributed by atoms with van der Waals surface area (Å²) in [6, 6.07) is 9.25. The minimum Gasteiger partial charge on any atom is -0.507 e. The van der Waals surface area contributed by atoms with Crippen molar-refractivity contribution in [1.82, 2.24) is 20.5 Å². The van der Waals surface area contributed by atoms with Crippen LogP contribution in [-0.2, 0) is 0 Å². The summed E-state index contributed by atoms with van der Waals surface area (Å²) in [5.41, 5.74) is 1.19. The van der Waals surface area contributed by atoms with Crippen molar-refractivity contribution in [2.45, 2.75) is 43.6 Å². The number of aromatic hydroxyl groups is 1. The first-order valence-electron chi connectivity index (χ1n) is 9.64. The molecular formula is C21H22FN5O. The van der Waals surface area contributed by atoms with E-state index < -0.39 is 6.17 Å². The highest BCUT2D eigenvalue weighted by molar-refractivity contribution is 5.89. The Morgan fingerprint density at radius 1 is 1.14 bits per heavy atom. The number of anilines is 1. The predicted molar refractivity (Wildman–Crippen MR) is 106 cm³/mol. The second-order valence-electron chi connectivity index (χ2n) is 7.77. The van der Waals surface area contributed by atoms with Gasteiger partial charge in [-0.25, -0.2) is 4.39 Å². The Balaban J connectivity index is 1.42. The smallest absolute Gasteiger partial charge is 0.151 e. The van der Waals surface area contributed by atoms with E-state index in [2.05, 4.69) is 20.5 Å². The van der Waals surface area contributed by atoms with Crippen molar-refractivity contribution in [3.63, 3.8) is 0 Å². The maximum atomic E-state index is 14.8. The standard InChI is InChI=1S/C21H22FN5O/c1-27(18-10-14-2-3-17(24-14)21(18)22)20-5-4-16(25-26-20)15-8-12-6-7-23-11-13(12)9-19(15)28/h4-9,11,14,17-18,21,24,28H,2-3,10H2,1H3/t14?,17?,18-,21+/m0/s1. The monoisotopic (exact) mass is 379 g/mol. The molecule has 2 saturated heterocycles. The fraction of sp³-hybridized carbons (Fsp3) is 0.381. The predicted octanol–water partition coefficient (Wildman–Crippen LogP) is 3.06. The van der Waals surface area contributed by atoms with Crippen LogP contribution in [0.3, 0.4) is 0 Å². The van der Waals surface area contributed by atoms with E-state index in [1.807, 2.05) is 36.2 Å². The molecule has 2 aliphatic heterocycles. The molecule has 0 saturated carbocycles. The number of rotatable bonds is 3. The number of nitrogens with one attached hydrogen (secondary N) is 1. The Morgan fingerprint density at radius 3 is 2.86 bits per heavy atom. The summed E-state index contributed by atoms with van der Waals surface area (Å²) >= 11 is 0. The van der Waals surface area contributed by atoms with E-state index in [-0.39, 0.29) is 17.8 Å². The van der Waals surface area contributed by atoms with Gasteiger partial charge in [-0.05, 0) is 55.0 Å². The summed E-state index contributed by atoms with van der Waals surface area (Å²) < 4.78 is 14.8. The molecule has 0 aliphatic carbocycles. The zero-order chi connectivity index (χ0) is 19.3. The second kappa shape index (κ2) is 6.67. The average molecular weight is 379 g/mol. The van der Waals surface area contributed by atoms with Crippen molar-refractivity contribution in [3.8, 4) is 17.0 Å². The van der Waals surface area contributed by atoms with E-state index in [9.17, 15) is 9.50 Å². The van der Waals surface area contributed by atoms with Crippen LogP contribution >= 0.6 is 0 Å². The van der Waals surface area contributed by atoms with Gasteiger partial charge < -0.3 is 15.3 Å². The molecule has 2 unspecified atom stereocenters. The third-order valence-corrected chi connectivity index (χ3v) is 6.09. The molecule has 2 aromatic heterocycles. The number of aromatic nitrogens is 3. The summed E-state index contributed by atoms with van der Waals surface area (Å²) in [6.07, 6.45) is 5.23.